The summed E-state index contributed by atoms with van der Waals surface area (Å²) in [6.45, 7) is 6.41. The van der Waals surface area contributed by atoms with Crippen molar-refractivity contribution >= 4 is 22.6 Å². The molecule has 0 aliphatic carbocycles. The molecule has 1 aliphatic heterocycles. The Hall–Kier alpha value is -1.88. The van der Waals surface area contributed by atoms with Crippen LogP contribution < -0.4 is 0 Å². The molecule has 2 aromatic carbocycles. The molecular weight excluding hydrogens is 334 g/mol. The molecule has 130 valence electrons. The minimum absolute atomic E-state index is 0.235. The quantitative estimate of drug-likeness (QED) is 0.705. The molecule has 0 N–H and O–H groups in total. The van der Waals surface area contributed by atoms with Crippen LogP contribution in [0.15, 0.2) is 48.5 Å². The number of benzene rings is 2. The third-order valence-corrected chi connectivity index (χ3v) is 5.31. The van der Waals surface area contributed by atoms with E-state index < -0.39 is 0 Å². The first-order valence-electron chi connectivity index (χ1n) is 8.74. The summed E-state index contributed by atoms with van der Waals surface area (Å²) < 4.78 is 7.80. The minimum atomic E-state index is 0.235. The molecule has 0 unspecified atom stereocenters. The molecule has 1 aliphatic rings. The Bertz CT molecular complexity index is 870. The van der Waals surface area contributed by atoms with E-state index in [0.29, 0.717) is 0 Å². The predicted octanol–water partition coefficient (Wildman–Crippen LogP) is 4.13. The first-order valence-corrected chi connectivity index (χ1v) is 9.12. The van der Waals surface area contributed by atoms with Gasteiger partial charge in [-0.25, -0.2) is 4.98 Å². The molecule has 0 spiro atoms. The second-order valence-electron chi connectivity index (χ2n) is 6.46. The molecular formula is C20H22ClN3O. The lowest BCUT2D eigenvalue weighted by molar-refractivity contribution is 0.0177. The van der Waals surface area contributed by atoms with Crippen LogP contribution in [0.2, 0.25) is 5.02 Å². The van der Waals surface area contributed by atoms with Crippen molar-refractivity contribution in [2.24, 2.45) is 0 Å². The Balaban J connectivity index is 1.76. The molecule has 1 atom stereocenters. The third kappa shape index (κ3) is 3.30. The van der Waals surface area contributed by atoms with Gasteiger partial charge in [0.05, 0.1) is 36.8 Å². The number of imidazole rings is 1. The van der Waals surface area contributed by atoms with Crippen LogP contribution in [0.5, 0.6) is 0 Å². The summed E-state index contributed by atoms with van der Waals surface area (Å²) in [5.41, 5.74) is 3.30. The molecule has 4 nitrogen and oxygen atoms in total. The lowest BCUT2D eigenvalue weighted by Gasteiger charge is -2.32. The van der Waals surface area contributed by atoms with E-state index >= 15 is 0 Å². The molecule has 1 aromatic heterocycles. The van der Waals surface area contributed by atoms with E-state index in [2.05, 4.69) is 40.7 Å². The van der Waals surface area contributed by atoms with E-state index in [1.165, 1.54) is 0 Å². The van der Waals surface area contributed by atoms with Crippen LogP contribution in [0.1, 0.15) is 24.4 Å². The number of fused-ring (bicyclic) bond motifs is 1. The van der Waals surface area contributed by atoms with Crippen molar-refractivity contribution in [3.63, 3.8) is 0 Å². The largest absolute Gasteiger partial charge is 0.379 e. The van der Waals surface area contributed by atoms with Crippen molar-refractivity contribution in [2.75, 3.05) is 26.3 Å². The van der Waals surface area contributed by atoms with Gasteiger partial charge in [-0.1, -0.05) is 41.9 Å². The van der Waals surface area contributed by atoms with Crippen LogP contribution in [-0.4, -0.2) is 40.8 Å². The molecule has 1 fully saturated rings. The van der Waals surface area contributed by atoms with Gasteiger partial charge in [0.25, 0.3) is 0 Å². The zero-order valence-electron chi connectivity index (χ0n) is 14.4. The maximum atomic E-state index is 6.41. The smallest absolute Gasteiger partial charge is 0.127 e. The molecule has 3 aromatic rings. The maximum absolute atomic E-state index is 6.41. The fourth-order valence-corrected chi connectivity index (χ4v) is 3.70. The molecule has 0 bridgehead atoms. The van der Waals surface area contributed by atoms with Gasteiger partial charge in [0.15, 0.2) is 0 Å². The topological polar surface area (TPSA) is 30.3 Å². The van der Waals surface area contributed by atoms with E-state index in [1.54, 1.807) is 0 Å². The van der Waals surface area contributed by atoms with Crippen LogP contribution in [-0.2, 0) is 11.3 Å². The van der Waals surface area contributed by atoms with E-state index in [4.69, 9.17) is 21.3 Å². The third-order valence-electron chi connectivity index (χ3n) is 4.94. The number of rotatable bonds is 4. The van der Waals surface area contributed by atoms with Gasteiger partial charge in [0.1, 0.15) is 5.82 Å². The highest BCUT2D eigenvalue weighted by molar-refractivity contribution is 6.31. The predicted molar refractivity (Wildman–Crippen MR) is 101 cm³/mol. The number of aromatic nitrogens is 2. The van der Waals surface area contributed by atoms with Crippen molar-refractivity contribution in [3.05, 3.63) is 64.9 Å². The second-order valence-corrected chi connectivity index (χ2v) is 6.87. The summed E-state index contributed by atoms with van der Waals surface area (Å²) in [4.78, 5) is 7.39. The highest BCUT2D eigenvalue weighted by atomic mass is 35.5. The van der Waals surface area contributed by atoms with Gasteiger partial charge in [-0.15, -0.1) is 0 Å². The van der Waals surface area contributed by atoms with Crippen LogP contribution in [0.4, 0.5) is 0 Å². The molecule has 5 heteroatoms. The van der Waals surface area contributed by atoms with Gasteiger partial charge >= 0.3 is 0 Å². The number of hydrogen-bond acceptors (Lipinski definition) is 3. The fourth-order valence-electron chi connectivity index (χ4n) is 3.50. The molecule has 0 saturated carbocycles. The number of para-hydroxylation sites is 2. The Morgan fingerprint density at radius 2 is 1.80 bits per heavy atom. The van der Waals surface area contributed by atoms with Crippen LogP contribution in [0, 0.1) is 0 Å². The van der Waals surface area contributed by atoms with E-state index in [0.717, 1.165) is 60.3 Å². The summed E-state index contributed by atoms with van der Waals surface area (Å²) in [7, 11) is 0. The van der Waals surface area contributed by atoms with Crippen LogP contribution in [0.3, 0.4) is 0 Å². The number of morpholine rings is 1. The monoisotopic (exact) mass is 355 g/mol. The lowest BCUT2D eigenvalue weighted by atomic mass is 10.2. The van der Waals surface area contributed by atoms with Gasteiger partial charge in [-0.05, 0) is 30.7 Å². The summed E-state index contributed by atoms with van der Waals surface area (Å²) in [5.74, 6) is 1.09. The van der Waals surface area contributed by atoms with Gasteiger partial charge in [-0.2, -0.15) is 0 Å². The van der Waals surface area contributed by atoms with E-state index in [1.807, 2.05) is 24.3 Å². The maximum Gasteiger partial charge on any atom is 0.127 e. The zero-order valence-corrected chi connectivity index (χ0v) is 15.1. The van der Waals surface area contributed by atoms with Crippen LogP contribution in [0.25, 0.3) is 11.0 Å². The van der Waals surface area contributed by atoms with Gasteiger partial charge in [0, 0.05) is 18.1 Å². The zero-order chi connectivity index (χ0) is 17.2. The van der Waals surface area contributed by atoms with Crippen molar-refractivity contribution in [1.29, 1.82) is 0 Å². The van der Waals surface area contributed by atoms with Gasteiger partial charge < -0.3 is 9.30 Å². The fraction of sp³-hybridized carbons (Fsp3) is 0.350. The molecule has 2 heterocycles. The SMILES string of the molecule is C[C@H](c1nc2ccccc2n1Cc1ccccc1Cl)N1CCOCC1. The van der Waals surface area contributed by atoms with Gasteiger partial charge in [-0.3, -0.25) is 4.90 Å². The first-order chi connectivity index (χ1) is 12.2. The summed E-state index contributed by atoms with van der Waals surface area (Å²) in [6, 6.07) is 16.6. The van der Waals surface area contributed by atoms with Crippen molar-refractivity contribution < 1.29 is 4.74 Å². The normalized spacial score (nSPS) is 17.0. The van der Waals surface area contributed by atoms with Crippen LogP contribution >= 0.6 is 11.6 Å². The van der Waals surface area contributed by atoms with Gasteiger partial charge in [0.2, 0.25) is 0 Å². The Morgan fingerprint density at radius 1 is 1.08 bits per heavy atom. The van der Waals surface area contributed by atoms with Crippen molar-refractivity contribution in [1.82, 2.24) is 14.5 Å². The number of hydrogen-bond donors (Lipinski definition) is 0. The Labute approximate surface area is 153 Å². The average molecular weight is 356 g/mol. The number of ether oxygens (including phenoxy) is 1. The minimum Gasteiger partial charge on any atom is -0.379 e. The first kappa shape index (κ1) is 16.6. The second kappa shape index (κ2) is 7.16. The average Bonchev–Trinajstić information content (AvgIpc) is 3.02. The number of nitrogens with zero attached hydrogens (tertiary/aromatic N) is 3. The Kier molecular flexibility index (Phi) is 4.75. The molecule has 4 rings (SSSR count). The standard InChI is InChI=1S/C20H22ClN3O/c1-15(23-10-12-25-13-11-23)20-22-18-8-4-5-9-19(18)24(20)14-16-6-2-3-7-17(16)21/h2-9,15H,10-14H2,1H3/t15-/m1/s1. The highest BCUT2D eigenvalue weighted by Crippen LogP contribution is 2.27. The van der Waals surface area contributed by atoms with Crippen molar-refractivity contribution in [3.8, 4) is 0 Å². The summed E-state index contributed by atoms with van der Waals surface area (Å²) >= 11 is 6.41. The highest BCUT2D eigenvalue weighted by Gasteiger charge is 2.24. The van der Waals surface area contributed by atoms with Crippen molar-refractivity contribution in [2.45, 2.75) is 19.5 Å². The Morgan fingerprint density at radius 3 is 2.60 bits per heavy atom. The molecule has 0 amide bonds. The van der Waals surface area contributed by atoms with E-state index in [-0.39, 0.29) is 6.04 Å². The molecule has 0 radical (unpaired) electrons. The molecule has 1 saturated heterocycles. The summed E-state index contributed by atoms with van der Waals surface area (Å²) in [5, 5.41) is 0.797. The number of halogens is 1. The van der Waals surface area contributed by atoms with E-state index in [9.17, 15) is 0 Å². The summed E-state index contributed by atoms with van der Waals surface area (Å²) in [6.07, 6.45) is 0. The molecule has 25 heavy (non-hydrogen) atoms. The lowest BCUT2D eigenvalue weighted by Crippen LogP contribution is -2.39.